The van der Waals surface area contributed by atoms with E-state index in [1.807, 2.05) is 0 Å². The van der Waals surface area contributed by atoms with Crippen LogP contribution in [0.15, 0.2) is 17.6 Å². The van der Waals surface area contributed by atoms with Crippen molar-refractivity contribution in [2.24, 2.45) is 22.6 Å². The number of aliphatic imine (C=N–C) groups is 1. The molecule has 94 valence electrons. The Morgan fingerprint density at radius 3 is 2.62 bits per heavy atom. The Kier molecular flexibility index (Phi) is 8.70. The Morgan fingerprint density at radius 2 is 2.06 bits per heavy atom. The van der Waals surface area contributed by atoms with E-state index in [-0.39, 0.29) is 24.0 Å². The molecule has 1 fully saturated rings. The molecule has 0 saturated heterocycles. The van der Waals surface area contributed by atoms with Crippen molar-refractivity contribution in [2.75, 3.05) is 13.1 Å². The fourth-order valence-corrected chi connectivity index (χ4v) is 1.97. The van der Waals surface area contributed by atoms with E-state index in [9.17, 15) is 0 Å². The predicted octanol–water partition coefficient (Wildman–Crippen LogP) is 2.52. The van der Waals surface area contributed by atoms with Crippen LogP contribution in [0.25, 0.3) is 0 Å². The summed E-state index contributed by atoms with van der Waals surface area (Å²) >= 11 is 0. The van der Waals surface area contributed by atoms with E-state index in [2.05, 4.69) is 23.8 Å². The summed E-state index contributed by atoms with van der Waals surface area (Å²) in [6.07, 6.45) is 7.09. The highest BCUT2D eigenvalue weighted by Crippen LogP contribution is 2.28. The second-order valence-corrected chi connectivity index (χ2v) is 4.52. The van der Waals surface area contributed by atoms with Gasteiger partial charge in [0.2, 0.25) is 0 Å². The summed E-state index contributed by atoms with van der Waals surface area (Å²) in [4.78, 5) is 4.35. The van der Waals surface area contributed by atoms with Crippen molar-refractivity contribution in [3.05, 3.63) is 12.7 Å². The highest BCUT2D eigenvalue weighted by atomic mass is 127. The predicted molar refractivity (Wildman–Crippen MR) is 81.2 cm³/mol. The summed E-state index contributed by atoms with van der Waals surface area (Å²) in [5, 5.41) is 2.99. The van der Waals surface area contributed by atoms with E-state index in [1.54, 1.807) is 6.08 Å². The molecule has 0 atom stereocenters. The van der Waals surface area contributed by atoms with Crippen LogP contribution in [0, 0.1) is 11.8 Å². The zero-order valence-electron chi connectivity index (χ0n) is 10.1. The van der Waals surface area contributed by atoms with Gasteiger partial charge in [-0.2, -0.15) is 0 Å². The minimum atomic E-state index is 0. The largest absolute Gasteiger partial charge is 0.370 e. The molecule has 16 heavy (non-hydrogen) atoms. The van der Waals surface area contributed by atoms with Crippen molar-refractivity contribution in [3.8, 4) is 0 Å². The normalized spacial score (nSPS) is 25.7. The van der Waals surface area contributed by atoms with Crippen molar-refractivity contribution >= 4 is 29.9 Å². The number of guanidine groups is 1. The molecule has 0 spiro atoms. The van der Waals surface area contributed by atoms with Crippen molar-refractivity contribution in [3.63, 3.8) is 0 Å². The van der Waals surface area contributed by atoms with E-state index in [0.717, 1.165) is 18.4 Å². The van der Waals surface area contributed by atoms with Crippen LogP contribution in [-0.4, -0.2) is 19.0 Å². The maximum absolute atomic E-state index is 5.70. The molecular formula is C12H24IN3. The number of hydrogen-bond donors (Lipinski definition) is 2. The molecule has 4 heteroatoms. The van der Waals surface area contributed by atoms with Gasteiger partial charge in [-0.1, -0.05) is 25.8 Å². The van der Waals surface area contributed by atoms with E-state index in [0.29, 0.717) is 12.5 Å². The zero-order valence-corrected chi connectivity index (χ0v) is 12.4. The standard InChI is InChI=1S/C12H23N3.HI/c1-3-8-14-12(13)15-9-11-6-4-10(2)5-7-11;/h3,10-11H,1,4-9H2,2H3,(H3,13,14,15);1H. The minimum Gasteiger partial charge on any atom is -0.370 e. The van der Waals surface area contributed by atoms with E-state index >= 15 is 0 Å². The molecule has 0 aliphatic heterocycles. The van der Waals surface area contributed by atoms with Crippen LogP contribution < -0.4 is 11.1 Å². The van der Waals surface area contributed by atoms with E-state index in [1.165, 1.54) is 25.7 Å². The number of halogens is 1. The fraction of sp³-hybridized carbons (Fsp3) is 0.750. The SMILES string of the molecule is C=CCNC(N)=NCC1CCC(C)CC1.I. The molecule has 1 saturated carbocycles. The fourth-order valence-electron chi connectivity index (χ4n) is 1.97. The average molecular weight is 337 g/mol. The lowest BCUT2D eigenvalue weighted by atomic mass is 9.83. The molecular weight excluding hydrogens is 313 g/mol. The lowest BCUT2D eigenvalue weighted by Gasteiger charge is -2.24. The van der Waals surface area contributed by atoms with Crippen LogP contribution in [0.2, 0.25) is 0 Å². The van der Waals surface area contributed by atoms with Gasteiger partial charge in [-0.15, -0.1) is 30.6 Å². The molecule has 1 rings (SSSR count). The van der Waals surface area contributed by atoms with E-state index < -0.39 is 0 Å². The van der Waals surface area contributed by atoms with Crippen LogP contribution in [0.5, 0.6) is 0 Å². The van der Waals surface area contributed by atoms with Crippen LogP contribution in [-0.2, 0) is 0 Å². The number of nitrogens with two attached hydrogens (primary N) is 1. The molecule has 0 radical (unpaired) electrons. The molecule has 1 aliphatic carbocycles. The first-order chi connectivity index (χ1) is 7.22. The van der Waals surface area contributed by atoms with Crippen LogP contribution >= 0.6 is 24.0 Å². The molecule has 0 heterocycles. The molecule has 0 aromatic carbocycles. The zero-order chi connectivity index (χ0) is 11.1. The third kappa shape index (κ3) is 6.35. The molecule has 0 aromatic rings. The monoisotopic (exact) mass is 337 g/mol. The second kappa shape index (κ2) is 8.84. The van der Waals surface area contributed by atoms with Crippen molar-refractivity contribution in [1.29, 1.82) is 0 Å². The van der Waals surface area contributed by atoms with Crippen molar-refractivity contribution in [2.45, 2.75) is 32.6 Å². The second-order valence-electron chi connectivity index (χ2n) is 4.52. The van der Waals surface area contributed by atoms with Gasteiger partial charge in [0.1, 0.15) is 0 Å². The molecule has 0 unspecified atom stereocenters. The van der Waals surface area contributed by atoms with Crippen LogP contribution in [0.4, 0.5) is 0 Å². The van der Waals surface area contributed by atoms with Gasteiger partial charge in [-0.25, -0.2) is 0 Å². The quantitative estimate of drug-likeness (QED) is 0.358. The molecule has 3 N–H and O–H groups in total. The average Bonchev–Trinajstić information content (AvgIpc) is 2.25. The van der Waals surface area contributed by atoms with Gasteiger partial charge in [0.25, 0.3) is 0 Å². The number of rotatable bonds is 4. The van der Waals surface area contributed by atoms with Gasteiger partial charge in [0.15, 0.2) is 5.96 Å². The first-order valence-corrected chi connectivity index (χ1v) is 5.87. The smallest absolute Gasteiger partial charge is 0.188 e. The van der Waals surface area contributed by atoms with Crippen LogP contribution in [0.3, 0.4) is 0 Å². The topological polar surface area (TPSA) is 50.4 Å². The lowest BCUT2D eigenvalue weighted by molar-refractivity contribution is 0.296. The van der Waals surface area contributed by atoms with Gasteiger partial charge >= 0.3 is 0 Å². The minimum absolute atomic E-state index is 0. The molecule has 0 amide bonds. The summed E-state index contributed by atoms with van der Waals surface area (Å²) < 4.78 is 0. The van der Waals surface area contributed by atoms with Gasteiger partial charge in [-0.3, -0.25) is 4.99 Å². The third-order valence-electron chi connectivity index (χ3n) is 3.08. The molecule has 1 aliphatic rings. The Morgan fingerprint density at radius 1 is 1.44 bits per heavy atom. The molecule has 0 bridgehead atoms. The van der Waals surface area contributed by atoms with Gasteiger partial charge in [0, 0.05) is 13.1 Å². The summed E-state index contributed by atoms with van der Waals surface area (Å²) in [5.74, 6) is 2.19. The van der Waals surface area contributed by atoms with Crippen LogP contribution in [0.1, 0.15) is 32.6 Å². The third-order valence-corrected chi connectivity index (χ3v) is 3.08. The van der Waals surface area contributed by atoms with Crippen molar-refractivity contribution < 1.29 is 0 Å². The Balaban J connectivity index is 0.00000225. The first kappa shape index (κ1) is 15.7. The molecule has 3 nitrogen and oxygen atoms in total. The Hall–Kier alpha value is -0.260. The number of nitrogens with zero attached hydrogens (tertiary/aromatic N) is 1. The number of nitrogens with one attached hydrogen (secondary N) is 1. The highest BCUT2D eigenvalue weighted by Gasteiger charge is 2.17. The summed E-state index contributed by atoms with van der Waals surface area (Å²) in [6.45, 7) is 7.52. The summed E-state index contributed by atoms with van der Waals surface area (Å²) in [6, 6.07) is 0. The molecule has 0 aromatic heterocycles. The maximum Gasteiger partial charge on any atom is 0.188 e. The van der Waals surface area contributed by atoms with Gasteiger partial charge in [0.05, 0.1) is 0 Å². The first-order valence-electron chi connectivity index (χ1n) is 5.87. The highest BCUT2D eigenvalue weighted by molar-refractivity contribution is 14.0. The summed E-state index contributed by atoms with van der Waals surface area (Å²) in [5.41, 5.74) is 5.70. The number of hydrogen-bond acceptors (Lipinski definition) is 1. The van der Waals surface area contributed by atoms with Crippen molar-refractivity contribution in [1.82, 2.24) is 5.32 Å². The Labute approximate surface area is 116 Å². The Bertz CT molecular complexity index is 220. The lowest BCUT2D eigenvalue weighted by Crippen LogP contribution is -2.32. The van der Waals surface area contributed by atoms with Gasteiger partial charge in [-0.05, 0) is 24.7 Å². The van der Waals surface area contributed by atoms with E-state index in [4.69, 9.17) is 5.73 Å². The summed E-state index contributed by atoms with van der Waals surface area (Å²) in [7, 11) is 0. The maximum atomic E-state index is 5.70. The van der Waals surface area contributed by atoms with Gasteiger partial charge < -0.3 is 11.1 Å².